The van der Waals surface area contributed by atoms with Gasteiger partial charge in [0.05, 0.1) is 0 Å². The molecule has 0 saturated carbocycles. The zero-order chi connectivity index (χ0) is 26.8. The summed E-state index contributed by atoms with van der Waals surface area (Å²) < 4.78 is 11.3. The SMILES string of the molecule is CCCCc1cc(=O)oc2c(C)c(OCC(=O)N[C@@H](CSCc3ccccc3)C(=O)NC(C)C)ccc12. The van der Waals surface area contributed by atoms with E-state index < -0.39 is 17.6 Å². The fourth-order valence-corrected chi connectivity index (χ4v) is 4.97. The summed E-state index contributed by atoms with van der Waals surface area (Å²) in [6.07, 6.45) is 2.80. The smallest absolute Gasteiger partial charge is 0.336 e. The number of fused-ring (bicyclic) bond motifs is 1. The summed E-state index contributed by atoms with van der Waals surface area (Å²) in [4.78, 5) is 37.6. The summed E-state index contributed by atoms with van der Waals surface area (Å²) in [5, 5.41) is 6.56. The number of benzene rings is 2. The van der Waals surface area contributed by atoms with Crippen LogP contribution in [0.2, 0.25) is 0 Å². The van der Waals surface area contributed by atoms with Crippen LogP contribution >= 0.6 is 11.8 Å². The molecule has 7 nitrogen and oxygen atoms in total. The van der Waals surface area contributed by atoms with E-state index in [0.29, 0.717) is 22.6 Å². The van der Waals surface area contributed by atoms with Gasteiger partial charge in [0, 0.05) is 34.6 Å². The lowest BCUT2D eigenvalue weighted by molar-refractivity contribution is -0.129. The van der Waals surface area contributed by atoms with E-state index in [-0.39, 0.29) is 18.6 Å². The number of thioether (sulfide) groups is 1. The highest BCUT2D eigenvalue weighted by Crippen LogP contribution is 2.29. The van der Waals surface area contributed by atoms with Crippen molar-refractivity contribution in [2.45, 2.75) is 64.8 Å². The lowest BCUT2D eigenvalue weighted by Gasteiger charge is -2.20. The second-order valence-electron chi connectivity index (χ2n) is 9.33. The Morgan fingerprint density at radius 3 is 2.54 bits per heavy atom. The first-order valence-corrected chi connectivity index (χ1v) is 13.8. The Labute approximate surface area is 222 Å². The van der Waals surface area contributed by atoms with Gasteiger partial charge in [-0.05, 0) is 56.9 Å². The highest BCUT2D eigenvalue weighted by atomic mass is 32.2. The minimum atomic E-state index is -0.691. The van der Waals surface area contributed by atoms with Crippen LogP contribution in [0.3, 0.4) is 0 Å². The van der Waals surface area contributed by atoms with Gasteiger partial charge in [0.1, 0.15) is 17.4 Å². The van der Waals surface area contributed by atoms with Gasteiger partial charge in [-0.1, -0.05) is 43.7 Å². The lowest BCUT2D eigenvalue weighted by atomic mass is 10.0. The average Bonchev–Trinajstić information content (AvgIpc) is 2.86. The number of hydrogen-bond donors (Lipinski definition) is 2. The van der Waals surface area contributed by atoms with Crippen LogP contribution in [0.5, 0.6) is 5.75 Å². The number of carbonyl (C=O) groups excluding carboxylic acids is 2. The predicted octanol–water partition coefficient (Wildman–Crippen LogP) is 4.77. The van der Waals surface area contributed by atoms with Crippen molar-refractivity contribution in [3.63, 3.8) is 0 Å². The summed E-state index contributed by atoms with van der Waals surface area (Å²) in [6, 6.07) is 14.4. The second-order valence-corrected chi connectivity index (χ2v) is 10.4. The lowest BCUT2D eigenvalue weighted by Crippen LogP contribution is -2.51. The van der Waals surface area contributed by atoms with Crippen LogP contribution in [0.4, 0.5) is 0 Å². The number of rotatable bonds is 13. The van der Waals surface area contributed by atoms with Crippen molar-refractivity contribution in [1.82, 2.24) is 10.6 Å². The molecule has 3 rings (SSSR count). The van der Waals surface area contributed by atoms with Crippen molar-refractivity contribution in [3.05, 3.63) is 75.6 Å². The minimum Gasteiger partial charge on any atom is -0.483 e. The molecule has 2 N–H and O–H groups in total. The van der Waals surface area contributed by atoms with Gasteiger partial charge in [-0.2, -0.15) is 11.8 Å². The van der Waals surface area contributed by atoms with Crippen LogP contribution in [-0.2, 0) is 21.8 Å². The van der Waals surface area contributed by atoms with Gasteiger partial charge in [-0.25, -0.2) is 4.79 Å². The Balaban J connectivity index is 1.66. The molecule has 0 radical (unpaired) electrons. The van der Waals surface area contributed by atoms with Crippen molar-refractivity contribution in [2.24, 2.45) is 0 Å². The van der Waals surface area contributed by atoms with E-state index in [4.69, 9.17) is 9.15 Å². The molecule has 0 fully saturated rings. The van der Waals surface area contributed by atoms with E-state index in [1.807, 2.05) is 50.2 Å². The van der Waals surface area contributed by atoms with Crippen LogP contribution in [0, 0.1) is 6.92 Å². The molecular weight excluding hydrogens is 488 g/mol. The van der Waals surface area contributed by atoms with Crippen LogP contribution in [0.25, 0.3) is 11.0 Å². The second kappa shape index (κ2) is 13.9. The quantitative estimate of drug-likeness (QED) is 0.313. The molecule has 0 bridgehead atoms. The molecule has 1 atom stereocenters. The molecule has 1 heterocycles. The first-order chi connectivity index (χ1) is 17.8. The number of carbonyl (C=O) groups is 2. The van der Waals surface area contributed by atoms with Crippen LogP contribution in [0.15, 0.2) is 57.7 Å². The maximum Gasteiger partial charge on any atom is 0.336 e. The third-order valence-corrected chi connectivity index (χ3v) is 6.94. The molecule has 8 heteroatoms. The summed E-state index contributed by atoms with van der Waals surface area (Å²) >= 11 is 1.58. The first-order valence-electron chi connectivity index (χ1n) is 12.7. The first kappa shape index (κ1) is 28.3. The van der Waals surface area contributed by atoms with E-state index >= 15 is 0 Å². The molecule has 3 aromatic rings. The van der Waals surface area contributed by atoms with Crippen LogP contribution < -0.4 is 21.0 Å². The van der Waals surface area contributed by atoms with E-state index in [9.17, 15) is 14.4 Å². The molecule has 2 amide bonds. The van der Waals surface area contributed by atoms with Crippen molar-refractivity contribution < 1.29 is 18.7 Å². The molecule has 1 aromatic heterocycles. The van der Waals surface area contributed by atoms with Crippen molar-refractivity contribution in [2.75, 3.05) is 12.4 Å². The minimum absolute atomic E-state index is 0.0422. The number of unbranched alkanes of at least 4 members (excludes halogenated alkanes) is 1. The predicted molar refractivity (Wildman–Crippen MR) is 149 cm³/mol. The van der Waals surface area contributed by atoms with Crippen molar-refractivity contribution in [3.8, 4) is 5.75 Å². The van der Waals surface area contributed by atoms with E-state index in [1.54, 1.807) is 30.8 Å². The zero-order valence-electron chi connectivity index (χ0n) is 22.0. The van der Waals surface area contributed by atoms with Gasteiger partial charge >= 0.3 is 5.63 Å². The molecule has 0 unspecified atom stereocenters. The van der Waals surface area contributed by atoms with E-state index in [1.165, 1.54) is 0 Å². The fourth-order valence-electron chi connectivity index (χ4n) is 3.95. The Morgan fingerprint density at radius 2 is 1.84 bits per heavy atom. The molecule has 0 aliphatic rings. The van der Waals surface area contributed by atoms with Gasteiger partial charge < -0.3 is 19.8 Å². The monoisotopic (exact) mass is 524 g/mol. The van der Waals surface area contributed by atoms with Crippen molar-refractivity contribution >= 4 is 34.5 Å². The van der Waals surface area contributed by atoms with Gasteiger partial charge in [0.15, 0.2) is 6.61 Å². The highest BCUT2D eigenvalue weighted by molar-refractivity contribution is 7.98. The largest absolute Gasteiger partial charge is 0.483 e. The molecule has 198 valence electrons. The third-order valence-electron chi connectivity index (χ3n) is 5.83. The summed E-state index contributed by atoms with van der Waals surface area (Å²) in [6.45, 7) is 7.41. The fraction of sp³-hybridized carbons (Fsp3) is 0.414. The topological polar surface area (TPSA) is 97.6 Å². The third kappa shape index (κ3) is 8.39. The standard InChI is InChI=1S/C29H36N2O5S/c1-5-6-12-22-15-27(33)36-28-20(4)25(14-13-23(22)28)35-16-26(32)31-24(29(34)30-19(2)3)18-37-17-21-10-8-7-9-11-21/h7-11,13-15,19,24H,5-6,12,16-18H2,1-4H3,(H,30,34)(H,31,32)/t24-/m0/s1. The summed E-state index contributed by atoms with van der Waals surface area (Å²) in [5.74, 6) is 0.995. The summed E-state index contributed by atoms with van der Waals surface area (Å²) in [5.41, 5.74) is 2.84. The molecular formula is C29H36N2O5S. The normalized spacial score (nSPS) is 11.9. The van der Waals surface area contributed by atoms with E-state index in [2.05, 4.69) is 17.6 Å². The Morgan fingerprint density at radius 1 is 1.08 bits per heavy atom. The van der Waals surface area contributed by atoms with Gasteiger partial charge in [0.2, 0.25) is 5.91 Å². The van der Waals surface area contributed by atoms with Gasteiger partial charge in [-0.3, -0.25) is 9.59 Å². The molecule has 0 aliphatic heterocycles. The number of ether oxygens (including phenoxy) is 1. The van der Waals surface area contributed by atoms with Crippen molar-refractivity contribution in [1.29, 1.82) is 0 Å². The Kier molecular flexibility index (Phi) is 10.6. The zero-order valence-corrected chi connectivity index (χ0v) is 22.8. The molecule has 0 spiro atoms. The van der Waals surface area contributed by atoms with Gasteiger partial charge in [0.25, 0.3) is 5.91 Å². The van der Waals surface area contributed by atoms with Crippen LogP contribution in [0.1, 0.15) is 50.3 Å². The Bertz CT molecular complexity index is 1260. The maximum atomic E-state index is 12.8. The van der Waals surface area contributed by atoms with E-state index in [0.717, 1.165) is 41.5 Å². The highest BCUT2D eigenvalue weighted by Gasteiger charge is 2.22. The maximum absolute atomic E-state index is 12.8. The number of amides is 2. The molecule has 37 heavy (non-hydrogen) atoms. The number of aryl methyl sites for hydroxylation is 2. The molecule has 0 saturated heterocycles. The summed E-state index contributed by atoms with van der Waals surface area (Å²) in [7, 11) is 0. The molecule has 0 aliphatic carbocycles. The number of hydrogen-bond acceptors (Lipinski definition) is 6. The van der Waals surface area contributed by atoms with Gasteiger partial charge in [-0.15, -0.1) is 0 Å². The number of nitrogens with one attached hydrogen (secondary N) is 2. The molecule has 2 aromatic carbocycles. The average molecular weight is 525 g/mol. The Hall–Kier alpha value is -3.26. The van der Waals surface area contributed by atoms with Crippen LogP contribution in [-0.4, -0.2) is 36.3 Å².